The molecule has 28 heavy (non-hydrogen) atoms. The highest BCUT2D eigenvalue weighted by Crippen LogP contribution is 2.36. The van der Waals surface area contributed by atoms with E-state index in [1.807, 2.05) is 25.1 Å². The standard InChI is InChI=1S/C22H27N3O2S/c1-3-27-20(26)22(14-18-8-5-4-6-9-18)10-7-11-24(16-22)15-19-17(2)23-21-25(19)12-13-28-21/h4-6,8-9,12-13H,3,7,10-11,14-16H2,1-2H3. The van der Waals surface area contributed by atoms with Gasteiger partial charge in [0.15, 0.2) is 4.96 Å². The average molecular weight is 398 g/mol. The molecule has 0 spiro atoms. The van der Waals surface area contributed by atoms with Gasteiger partial charge < -0.3 is 4.74 Å². The second-order valence-electron chi connectivity index (χ2n) is 7.68. The van der Waals surface area contributed by atoms with Gasteiger partial charge in [-0.25, -0.2) is 4.98 Å². The lowest BCUT2D eigenvalue weighted by atomic mass is 9.75. The van der Waals surface area contributed by atoms with Crippen LogP contribution in [0.25, 0.3) is 4.96 Å². The summed E-state index contributed by atoms with van der Waals surface area (Å²) in [5, 5.41) is 2.07. The Hall–Kier alpha value is -2.18. The van der Waals surface area contributed by atoms with Crippen LogP contribution in [0.1, 0.15) is 36.7 Å². The van der Waals surface area contributed by atoms with Crippen molar-refractivity contribution >= 4 is 22.3 Å². The van der Waals surface area contributed by atoms with Gasteiger partial charge in [0.25, 0.3) is 0 Å². The number of nitrogens with zero attached hydrogens (tertiary/aromatic N) is 3. The summed E-state index contributed by atoms with van der Waals surface area (Å²) in [7, 11) is 0. The summed E-state index contributed by atoms with van der Waals surface area (Å²) >= 11 is 1.66. The summed E-state index contributed by atoms with van der Waals surface area (Å²) in [5.74, 6) is -0.0609. The van der Waals surface area contributed by atoms with Crippen LogP contribution in [0.5, 0.6) is 0 Å². The quantitative estimate of drug-likeness (QED) is 0.588. The third-order valence-electron chi connectivity index (χ3n) is 5.68. The Kier molecular flexibility index (Phi) is 5.51. The highest BCUT2D eigenvalue weighted by molar-refractivity contribution is 7.15. The number of likely N-dealkylation sites (tertiary alicyclic amines) is 1. The summed E-state index contributed by atoms with van der Waals surface area (Å²) in [6.07, 6.45) is 4.68. The molecule has 6 heteroatoms. The molecule has 0 saturated carbocycles. The van der Waals surface area contributed by atoms with E-state index in [4.69, 9.17) is 4.74 Å². The zero-order valence-corrected chi connectivity index (χ0v) is 17.4. The fourth-order valence-corrected chi connectivity index (χ4v) is 5.14. The molecule has 0 aliphatic carbocycles. The zero-order valence-electron chi connectivity index (χ0n) is 16.6. The predicted molar refractivity (Wildman–Crippen MR) is 112 cm³/mol. The molecule has 0 amide bonds. The maximum atomic E-state index is 13.0. The molecule has 0 radical (unpaired) electrons. The Bertz CT molecular complexity index is 949. The number of rotatable bonds is 6. The molecule has 5 nitrogen and oxygen atoms in total. The summed E-state index contributed by atoms with van der Waals surface area (Å²) < 4.78 is 7.72. The minimum Gasteiger partial charge on any atom is -0.466 e. The summed E-state index contributed by atoms with van der Waals surface area (Å²) in [4.78, 5) is 21.1. The Balaban J connectivity index is 1.59. The highest BCUT2D eigenvalue weighted by atomic mass is 32.1. The number of esters is 1. The number of imidazole rings is 1. The van der Waals surface area contributed by atoms with Gasteiger partial charge >= 0.3 is 5.97 Å². The monoisotopic (exact) mass is 397 g/mol. The van der Waals surface area contributed by atoms with Crippen LogP contribution in [-0.4, -0.2) is 40.0 Å². The van der Waals surface area contributed by atoms with E-state index < -0.39 is 5.41 Å². The molecule has 1 unspecified atom stereocenters. The molecule has 3 heterocycles. The van der Waals surface area contributed by atoms with Crippen molar-refractivity contribution in [1.82, 2.24) is 14.3 Å². The number of hydrogen-bond donors (Lipinski definition) is 0. The first kappa shape index (κ1) is 19.2. The van der Waals surface area contributed by atoms with E-state index >= 15 is 0 Å². The minimum atomic E-state index is -0.484. The number of fused-ring (bicyclic) bond motifs is 1. The fourth-order valence-electron chi connectivity index (χ4n) is 4.36. The highest BCUT2D eigenvalue weighted by Gasteiger charge is 2.43. The van der Waals surface area contributed by atoms with Crippen molar-refractivity contribution < 1.29 is 9.53 Å². The third kappa shape index (κ3) is 3.71. The Labute approximate surface area is 170 Å². The molecule has 1 atom stereocenters. The number of ether oxygens (including phenoxy) is 1. The third-order valence-corrected chi connectivity index (χ3v) is 6.44. The van der Waals surface area contributed by atoms with Crippen molar-refractivity contribution in [1.29, 1.82) is 0 Å². The molecule has 1 aliphatic heterocycles. The van der Waals surface area contributed by atoms with Gasteiger partial charge in [-0.1, -0.05) is 30.3 Å². The number of carbonyl (C=O) groups is 1. The van der Waals surface area contributed by atoms with Gasteiger partial charge in [-0.3, -0.25) is 14.1 Å². The summed E-state index contributed by atoms with van der Waals surface area (Å²) in [6.45, 7) is 6.90. The van der Waals surface area contributed by atoms with Gasteiger partial charge in [0.05, 0.1) is 23.4 Å². The SMILES string of the molecule is CCOC(=O)C1(Cc2ccccc2)CCCN(Cc2c(C)nc3sccn23)C1. The molecule has 1 fully saturated rings. The number of aromatic nitrogens is 2. The molecule has 0 N–H and O–H groups in total. The first-order valence-electron chi connectivity index (χ1n) is 9.96. The lowest BCUT2D eigenvalue weighted by Gasteiger charge is -2.41. The molecule has 1 aromatic carbocycles. The number of carbonyl (C=O) groups excluding carboxylic acids is 1. The van der Waals surface area contributed by atoms with Crippen molar-refractivity contribution in [3.05, 3.63) is 58.9 Å². The first-order chi connectivity index (χ1) is 13.6. The second-order valence-corrected chi connectivity index (χ2v) is 8.55. The van der Waals surface area contributed by atoms with Gasteiger partial charge in [-0.15, -0.1) is 11.3 Å². The number of aryl methyl sites for hydroxylation is 1. The average Bonchev–Trinajstić information content (AvgIpc) is 3.25. The van der Waals surface area contributed by atoms with Crippen LogP contribution in [0.15, 0.2) is 41.9 Å². The zero-order chi connectivity index (χ0) is 19.6. The molecular formula is C22H27N3O2S. The number of thiazole rings is 1. The molecular weight excluding hydrogens is 370 g/mol. The van der Waals surface area contributed by atoms with Gasteiger partial charge in [-0.05, 0) is 45.2 Å². The Morgan fingerprint density at radius 2 is 2.14 bits per heavy atom. The van der Waals surface area contributed by atoms with Gasteiger partial charge in [0.1, 0.15) is 0 Å². The lowest BCUT2D eigenvalue weighted by Crippen LogP contribution is -2.49. The topological polar surface area (TPSA) is 46.8 Å². The van der Waals surface area contributed by atoms with Gasteiger partial charge in [0.2, 0.25) is 0 Å². The summed E-state index contributed by atoms with van der Waals surface area (Å²) in [6, 6.07) is 10.3. The van der Waals surface area contributed by atoms with E-state index in [1.54, 1.807) is 11.3 Å². The molecule has 4 rings (SSSR count). The van der Waals surface area contributed by atoms with Crippen molar-refractivity contribution in [2.75, 3.05) is 19.7 Å². The maximum absolute atomic E-state index is 13.0. The number of hydrogen-bond acceptors (Lipinski definition) is 5. The van der Waals surface area contributed by atoms with E-state index in [-0.39, 0.29) is 5.97 Å². The van der Waals surface area contributed by atoms with E-state index in [0.717, 1.165) is 49.6 Å². The van der Waals surface area contributed by atoms with Crippen molar-refractivity contribution in [2.45, 2.75) is 39.7 Å². The largest absolute Gasteiger partial charge is 0.466 e. The van der Waals surface area contributed by atoms with Gasteiger partial charge in [0, 0.05) is 24.7 Å². The van der Waals surface area contributed by atoms with Crippen molar-refractivity contribution in [3.8, 4) is 0 Å². The lowest BCUT2D eigenvalue weighted by molar-refractivity contribution is -0.159. The smallest absolute Gasteiger partial charge is 0.313 e. The van der Waals surface area contributed by atoms with Crippen LogP contribution in [0.2, 0.25) is 0 Å². The van der Waals surface area contributed by atoms with Crippen LogP contribution in [-0.2, 0) is 22.5 Å². The Morgan fingerprint density at radius 1 is 1.32 bits per heavy atom. The minimum absolute atomic E-state index is 0.0609. The molecule has 0 bridgehead atoms. The maximum Gasteiger partial charge on any atom is 0.313 e. The Morgan fingerprint density at radius 3 is 2.93 bits per heavy atom. The van der Waals surface area contributed by atoms with Crippen LogP contribution in [0.3, 0.4) is 0 Å². The molecule has 3 aromatic rings. The molecule has 148 valence electrons. The van der Waals surface area contributed by atoms with E-state index in [0.29, 0.717) is 6.61 Å². The van der Waals surface area contributed by atoms with Crippen LogP contribution in [0.4, 0.5) is 0 Å². The predicted octanol–water partition coefficient (Wildman–Crippen LogP) is 4.09. The van der Waals surface area contributed by atoms with E-state index in [9.17, 15) is 4.79 Å². The summed E-state index contributed by atoms with van der Waals surface area (Å²) in [5.41, 5.74) is 3.00. The van der Waals surface area contributed by atoms with E-state index in [1.165, 1.54) is 11.3 Å². The van der Waals surface area contributed by atoms with Crippen molar-refractivity contribution in [2.24, 2.45) is 5.41 Å². The van der Waals surface area contributed by atoms with Crippen LogP contribution < -0.4 is 0 Å². The molecule has 1 saturated heterocycles. The number of piperidine rings is 1. The normalized spacial score (nSPS) is 20.5. The van der Waals surface area contributed by atoms with Crippen LogP contribution in [0, 0.1) is 12.3 Å². The molecule has 2 aromatic heterocycles. The van der Waals surface area contributed by atoms with E-state index in [2.05, 4.69) is 44.9 Å². The second kappa shape index (κ2) is 8.05. The first-order valence-corrected chi connectivity index (χ1v) is 10.8. The molecule has 1 aliphatic rings. The fraction of sp³-hybridized carbons (Fsp3) is 0.455. The van der Waals surface area contributed by atoms with Gasteiger partial charge in [-0.2, -0.15) is 0 Å². The van der Waals surface area contributed by atoms with Crippen molar-refractivity contribution in [3.63, 3.8) is 0 Å². The number of benzene rings is 1. The van der Waals surface area contributed by atoms with Crippen LogP contribution >= 0.6 is 11.3 Å².